The molecule has 1 unspecified atom stereocenters. The zero-order valence-corrected chi connectivity index (χ0v) is 15.6. The number of benzene rings is 1. The molecule has 0 saturated heterocycles. The van der Waals surface area contributed by atoms with Gasteiger partial charge >= 0.3 is 0 Å². The smallest absolute Gasteiger partial charge is 0.269 e. The number of ether oxygens (including phenoxy) is 1. The Balaban J connectivity index is 1.89. The van der Waals surface area contributed by atoms with Gasteiger partial charge in [0.05, 0.1) is 12.8 Å². The van der Waals surface area contributed by atoms with E-state index in [4.69, 9.17) is 4.74 Å². The van der Waals surface area contributed by atoms with E-state index in [-0.39, 0.29) is 11.9 Å². The number of carbonyl (C=O) groups is 1. The van der Waals surface area contributed by atoms with Crippen LogP contribution in [0.5, 0.6) is 5.75 Å². The van der Waals surface area contributed by atoms with Crippen molar-refractivity contribution in [1.82, 2.24) is 19.6 Å². The van der Waals surface area contributed by atoms with E-state index in [1.165, 1.54) is 11.3 Å². The van der Waals surface area contributed by atoms with Crippen LogP contribution in [-0.4, -0.2) is 54.0 Å². The summed E-state index contributed by atoms with van der Waals surface area (Å²) in [7, 11) is 5.62. The molecule has 1 N–H and O–H groups in total. The van der Waals surface area contributed by atoms with Crippen LogP contribution in [0.15, 0.2) is 35.8 Å². The van der Waals surface area contributed by atoms with Crippen LogP contribution in [0.1, 0.15) is 17.4 Å². The molecule has 1 atom stereocenters. The minimum atomic E-state index is -0.0930. The van der Waals surface area contributed by atoms with E-state index in [1.54, 1.807) is 7.11 Å². The molecule has 0 aliphatic rings. The molecule has 2 aromatic heterocycles. The average Bonchev–Trinajstić information content (AvgIpc) is 3.13. The van der Waals surface area contributed by atoms with Gasteiger partial charge in [-0.05, 0) is 33.2 Å². The Kier molecular flexibility index (Phi) is 5.06. The molecule has 1 amide bonds. The van der Waals surface area contributed by atoms with Crippen molar-refractivity contribution < 1.29 is 9.53 Å². The van der Waals surface area contributed by atoms with Gasteiger partial charge in [-0.15, -0.1) is 11.3 Å². The number of nitrogens with zero attached hydrogens (tertiary/aromatic N) is 3. The second-order valence-electron chi connectivity index (χ2n) is 6.24. The summed E-state index contributed by atoms with van der Waals surface area (Å²) < 4.78 is 7.25. The summed E-state index contributed by atoms with van der Waals surface area (Å²) in [6.07, 6.45) is 1.88. The summed E-state index contributed by atoms with van der Waals surface area (Å²) in [6.45, 7) is 2.78. The predicted molar refractivity (Wildman–Crippen MR) is 101 cm³/mol. The van der Waals surface area contributed by atoms with Gasteiger partial charge in [0.1, 0.15) is 11.4 Å². The first-order chi connectivity index (χ1) is 12.0. The maximum absolute atomic E-state index is 12.6. The van der Waals surface area contributed by atoms with E-state index in [1.807, 2.05) is 66.2 Å². The summed E-state index contributed by atoms with van der Waals surface area (Å²) >= 11 is 1.45. The largest absolute Gasteiger partial charge is 0.496 e. The number of likely N-dealkylation sites (N-methyl/N-ethyl adjacent to an activating group) is 1. The van der Waals surface area contributed by atoms with Crippen LogP contribution in [0.4, 0.5) is 0 Å². The standard InChI is InChI=1S/C18H22N4O2S/c1-12(9-21(2)3)19-17(23)15-11-25-18-20-14(10-22(15)18)13-7-5-6-8-16(13)24-4/h5-8,10-12H,9H2,1-4H3,(H,19,23). The molecule has 3 rings (SSSR count). The fourth-order valence-corrected chi connectivity index (χ4v) is 3.68. The number of imidazole rings is 1. The second-order valence-corrected chi connectivity index (χ2v) is 7.07. The summed E-state index contributed by atoms with van der Waals surface area (Å²) in [5.41, 5.74) is 2.30. The molecule has 0 bridgehead atoms. The first-order valence-corrected chi connectivity index (χ1v) is 8.93. The summed E-state index contributed by atoms with van der Waals surface area (Å²) in [5, 5.41) is 4.87. The van der Waals surface area contributed by atoms with Crippen LogP contribution in [0, 0.1) is 0 Å². The number of carbonyl (C=O) groups excluding carboxylic acids is 1. The molecule has 0 aliphatic heterocycles. The van der Waals surface area contributed by atoms with Gasteiger partial charge < -0.3 is 15.0 Å². The number of para-hydroxylation sites is 1. The topological polar surface area (TPSA) is 58.9 Å². The molecule has 0 spiro atoms. The van der Waals surface area contributed by atoms with Gasteiger partial charge in [-0.2, -0.15) is 0 Å². The second kappa shape index (κ2) is 7.25. The van der Waals surface area contributed by atoms with E-state index in [0.29, 0.717) is 5.69 Å². The highest BCUT2D eigenvalue weighted by atomic mass is 32.1. The molecule has 0 radical (unpaired) electrons. The molecule has 25 heavy (non-hydrogen) atoms. The van der Waals surface area contributed by atoms with Crippen molar-refractivity contribution in [2.75, 3.05) is 27.7 Å². The van der Waals surface area contributed by atoms with E-state index in [2.05, 4.69) is 10.3 Å². The van der Waals surface area contributed by atoms with Crippen molar-refractivity contribution >= 4 is 22.2 Å². The van der Waals surface area contributed by atoms with E-state index in [9.17, 15) is 4.79 Å². The molecular weight excluding hydrogens is 336 g/mol. The minimum Gasteiger partial charge on any atom is -0.496 e. The molecule has 0 saturated carbocycles. The van der Waals surface area contributed by atoms with Gasteiger partial charge in [0.15, 0.2) is 4.96 Å². The molecule has 7 heteroatoms. The van der Waals surface area contributed by atoms with E-state index < -0.39 is 0 Å². The zero-order chi connectivity index (χ0) is 18.0. The highest BCUT2D eigenvalue weighted by Crippen LogP contribution is 2.30. The van der Waals surface area contributed by atoms with E-state index in [0.717, 1.165) is 28.5 Å². The fourth-order valence-electron chi connectivity index (χ4n) is 2.82. The van der Waals surface area contributed by atoms with Crippen LogP contribution >= 0.6 is 11.3 Å². The monoisotopic (exact) mass is 358 g/mol. The third-order valence-electron chi connectivity index (χ3n) is 3.84. The van der Waals surface area contributed by atoms with Crippen molar-refractivity contribution in [2.24, 2.45) is 0 Å². The molecule has 0 aliphatic carbocycles. The van der Waals surface area contributed by atoms with Crippen LogP contribution in [0.25, 0.3) is 16.2 Å². The third-order valence-corrected chi connectivity index (χ3v) is 4.68. The lowest BCUT2D eigenvalue weighted by atomic mass is 10.1. The van der Waals surface area contributed by atoms with Crippen LogP contribution in [-0.2, 0) is 0 Å². The molecule has 1 aromatic carbocycles. The molecule has 6 nitrogen and oxygen atoms in total. The average molecular weight is 358 g/mol. The number of aromatic nitrogens is 2. The third kappa shape index (κ3) is 3.67. The van der Waals surface area contributed by atoms with Crippen molar-refractivity contribution in [3.8, 4) is 17.0 Å². The highest BCUT2D eigenvalue weighted by molar-refractivity contribution is 7.15. The Morgan fingerprint density at radius 1 is 1.40 bits per heavy atom. The number of nitrogens with one attached hydrogen (secondary N) is 1. The zero-order valence-electron chi connectivity index (χ0n) is 14.8. The van der Waals surface area contributed by atoms with Gasteiger partial charge in [0, 0.05) is 29.7 Å². The molecule has 0 fully saturated rings. The normalized spacial score (nSPS) is 12.5. The number of amides is 1. The van der Waals surface area contributed by atoms with Crippen molar-refractivity contribution in [3.05, 3.63) is 41.5 Å². The molecular formula is C18H22N4O2S. The van der Waals surface area contributed by atoms with Gasteiger partial charge in [-0.25, -0.2) is 4.98 Å². The van der Waals surface area contributed by atoms with E-state index >= 15 is 0 Å². The van der Waals surface area contributed by atoms with Gasteiger partial charge in [0.2, 0.25) is 0 Å². The van der Waals surface area contributed by atoms with Crippen LogP contribution in [0.3, 0.4) is 0 Å². The summed E-state index contributed by atoms with van der Waals surface area (Å²) in [6, 6.07) is 7.80. The van der Waals surface area contributed by atoms with Gasteiger partial charge in [-0.1, -0.05) is 12.1 Å². The summed E-state index contributed by atoms with van der Waals surface area (Å²) in [4.78, 5) is 20.1. The lowest BCUT2D eigenvalue weighted by Gasteiger charge is -2.17. The van der Waals surface area contributed by atoms with Crippen molar-refractivity contribution in [1.29, 1.82) is 0 Å². The Bertz CT molecular complexity index is 884. The molecule has 2 heterocycles. The molecule has 132 valence electrons. The number of methoxy groups -OCH3 is 1. The number of hydrogen-bond donors (Lipinski definition) is 1. The molecule has 3 aromatic rings. The quantitative estimate of drug-likeness (QED) is 0.736. The number of rotatable bonds is 6. The lowest BCUT2D eigenvalue weighted by molar-refractivity contribution is 0.0928. The fraction of sp³-hybridized carbons (Fsp3) is 0.333. The Morgan fingerprint density at radius 3 is 2.88 bits per heavy atom. The highest BCUT2D eigenvalue weighted by Gasteiger charge is 2.18. The number of hydrogen-bond acceptors (Lipinski definition) is 5. The number of thiazole rings is 1. The minimum absolute atomic E-state index is 0.0645. The predicted octanol–water partition coefficient (Wildman–Crippen LogP) is 2.75. The maximum Gasteiger partial charge on any atom is 0.269 e. The maximum atomic E-state index is 12.6. The van der Waals surface area contributed by atoms with Gasteiger partial charge in [0.25, 0.3) is 5.91 Å². The lowest BCUT2D eigenvalue weighted by Crippen LogP contribution is -2.39. The SMILES string of the molecule is COc1ccccc1-c1cn2c(C(=O)NC(C)CN(C)C)csc2n1. The van der Waals surface area contributed by atoms with Gasteiger partial charge in [-0.3, -0.25) is 9.20 Å². The Hall–Kier alpha value is -2.38. The Labute approximate surface area is 151 Å². The van der Waals surface area contributed by atoms with Crippen molar-refractivity contribution in [2.45, 2.75) is 13.0 Å². The van der Waals surface area contributed by atoms with Crippen LogP contribution in [0.2, 0.25) is 0 Å². The van der Waals surface area contributed by atoms with Crippen LogP contribution < -0.4 is 10.1 Å². The first kappa shape index (κ1) is 17.4. The number of fused-ring (bicyclic) bond motifs is 1. The summed E-state index contributed by atoms with van der Waals surface area (Å²) in [5.74, 6) is 0.670. The van der Waals surface area contributed by atoms with Crippen molar-refractivity contribution in [3.63, 3.8) is 0 Å². The Morgan fingerprint density at radius 2 is 2.16 bits per heavy atom. The first-order valence-electron chi connectivity index (χ1n) is 8.05.